The van der Waals surface area contributed by atoms with Gasteiger partial charge in [0.15, 0.2) is 0 Å². The summed E-state index contributed by atoms with van der Waals surface area (Å²) in [6.07, 6.45) is 2.91. The van der Waals surface area contributed by atoms with Crippen LogP contribution in [0.5, 0.6) is 0 Å². The molecule has 0 aliphatic carbocycles. The molecule has 0 unspecified atom stereocenters. The highest BCUT2D eigenvalue weighted by Gasteiger charge is 2.36. The number of rotatable bonds is 4. The highest BCUT2D eigenvalue weighted by molar-refractivity contribution is 8.02. The van der Waals surface area contributed by atoms with E-state index in [0.717, 1.165) is 19.3 Å². The van der Waals surface area contributed by atoms with E-state index < -0.39 is 0 Å². The van der Waals surface area contributed by atoms with Gasteiger partial charge in [-0.15, -0.1) is 11.8 Å². The Morgan fingerprint density at radius 2 is 2.00 bits per heavy atom. The van der Waals surface area contributed by atoms with E-state index in [9.17, 15) is 9.59 Å². The molecule has 1 aliphatic heterocycles. The van der Waals surface area contributed by atoms with E-state index in [2.05, 4.69) is 19.2 Å². The summed E-state index contributed by atoms with van der Waals surface area (Å²) in [5.74, 6) is 0.130. The maximum atomic E-state index is 11.6. The molecule has 0 aromatic rings. The molecule has 1 aliphatic rings. The van der Waals surface area contributed by atoms with Crippen molar-refractivity contribution in [3.8, 4) is 0 Å². The first kappa shape index (κ1) is 12.6. The zero-order chi connectivity index (χ0) is 11.4. The second-order valence-electron chi connectivity index (χ2n) is 4.07. The van der Waals surface area contributed by atoms with Crippen LogP contribution < -0.4 is 5.32 Å². The molecular weight excluding hydrogens is 210 g/mol. The highest BCUT2D eigenvalue weighted by Crippen LogP contribution is 2.31. The maximum Gasteiger partial charge on any atom is 0.239 e. The van der Waals surface area contributed by atoms with Gasteiger partial charge in [-0.2, -0.15) is 0 Å². The van der Waals surface area contributed by atoms with Gasteiger partial charge in [0.05, 0.1) is 10.5 Å². The summed E-state index contributed by atoms with van der Waals surface area (Å²) < 4.78 is 0. The molecule has 4 heteroatoms. The van der Waals surface area contributed by atoms with Crippen LogP contribution >= 0.6 is 11.8 Å². The average Bonchev–Trinajstić information content (AvgIpc) is 2.18. The van der Waals surface area contributed by atoms with Gasteiger partial charge in [0.1, 0.15) is 0 Å². The van der Waals surface area contributed by atoms with Crippen LogP contribution in [-0.2, 0) is 9.59 Å². The lowest BCUT2D eigenvalue weighted by Crippen LogP contribution is -2.50. The van der Waals surface area contributed by atoms with Crippen LogP contribution in [-0.4, -0.2) is 22.3 Å². The first-order valence-corrected chi connectivity index (χ1v) is 6.54. The Bertz CT molecular complexity index is 255. The first-order valence-electron chi connectivity index (χ1n) is 5.60. The number of thioether (sulfide) groups is 1. The standard InChI is InChI=1S/C11H19NO2S/c1-4-6-7(3)9-11(14)12-10(13)8(5-2)15-9/h7-9H,4-6H2,1-3H3,(H,12,13,14)/t7-,8+,9+/m1/s1. The van der Waals surface area contributed by atoms with E-state index in [4.69, 9.17) is 0 Å². The predicted octanol–water partition coefficient (Wildman–Crippen LogP) is 1.96. The second kappa shape index (κ2) is 5.54. The van der Waals surface area contributed by atoms with E-state index >= 15 is 0 Å². The molecule has 1 N–H and O–H groups in total. The van der Waals surface area contributed by atoms with Gasteiger partial charge >= 0.3 is 0 Å². The molecule has 2 amide bonds. The Labute approximate surface area is 95.4 Å². The lowest BCUT2D eigenvalue weighted by molar-refractivity contribution is -0.131. The Morgan fingerprint density at radius 1 is 1.33 bits per heavy atom. The minimum atomic E-state index is -0.118. The fourth-order valence-electron chi connectivity index (χ4n) is 1.85. The fraction of sp³-hybridized carbons (Fsp3) is 0.818. The molecule has 1 saturated heterocycles. The van der Waals surface area contributed by atoms with Crippen LogP contribution in [0, 0.1) is 5.92 Å². The molecular formula is C11H19NO2S. The topological polar surface area (TPSA) is 46.2 Å². The number of amides is 2. The first-order chi connectivity index (χ1) is 7.10. The molecule has 0 bridgehead atoms. The third-order valence-electron chi connectivity index (χ3n) is 2.74. The molecule has 1 rings (SSSR count). The van der Waals surface area contributed by atoms with Gasteiger partial charge < -0.3 is 0 Å². The van der Waals surface area contributed by atoms with Crippen LogP contribution in [0.1, 0.15) is 40.0 Å². The Kier molecular flexibility index (Phi) is 4.64. The van der Waals surface area contributed by atoms with Crippen molar-refractivity contribution in [2.24, 2.45) is 5.92 Å². The van der Waals surface area contributed by atoms with E-state index in [1.165, 1.54) is 11.8 Å². The third-order valence-corrected chi connectivity index (χ3v) is 4.59. The Balaban J connectivity index is 2.64. The lowest BCUT2D eigenvalue weighted by atomic mass is 10.0. The van der Waals surface area contributed by atoms with Crippen LogP contribution in [0.2, 0.25) is 0 Å². The van der Waals surface area contributed by atoms with Crippen LogP contribution in [0.15, 0.2) is 0 Å². The third kappa shape index (κ3) is 2.97. The van der Waals surface area contributed by atoms with Crippen molar-refractivity contribution in [3.05, 3.63) is 0 Å². The summed E-state index contributed by atoms with van der Waals surface area (Å²) in [6.45, 7) is 6.18. The van der Waals surface area contributed by atoms with E-state index in [1.807, 2.05) is 6.92 Å². The van der Waals surface area contributed by atoms with E-state index in [-0.39, 0.29) is 22.3 Å². The molecule has 86 valence electrons. The van der Waals surface area contributed by atoms with Gasteiger partial charge in [-0.05, 0) is 18.8 Å². The summed E-state index contributed by atoms with van der Waals surface area (Å²) in [7, 11) is 0. The summed E-state index contributed by atoms with van der Waals surface area (Å²) in [4.78, 5) is 23.0. The van der Waals surface area contributed by atoms with Gasteiger partial charge in [0, 0.05) is 0 Å². The van der Waals surface area contributed by atoms with E-state index in [0.29, 0.717) is 5.92 Å². The summed E-state index contributed by atoms with van der Waals surface area (Å²) in [5, 5.41) is 2.37. The van der Waals surface area contributed by atoms with Crippen LogP contribution in [0.25, 0.3) is 0 Å². The van der Waals surface area contributed by atoms with E-state index in [1.54, 1.807) is 0 Å². The zero-order valence-corrected chi connectivity index (χ0v) is 10.4. The molecule has 3 nitrogen and oxygen atoms in total. The number of hydrogen-bond acceptors (Lipinski definition) is 3. The Hall–Kier alpha value is -0.510. The largest absolute Gasteiger partial charge is 0.295 e. The van der Waals surface area contributed by atoms with Crippen molar-refractivity contribution >= 4 is 23.6 Å². The minimum absolute atomic E-state index is 0.0485. The zero-order valence-electron chi connectivity index (χ0n) is 9.58. The molecule has 0 aromatic heterocycles. The number of carbonyl (C=O) groups excluding carboxylic acids is 2. The number of imide groups is 1. The number of carbonyl (C=O) groups is 2. The van der Waals surface area contributed by atoms with Crippen molar-refractivity contribution in [3.63, 3.8) is 0 Å². The SMILES string of the molecule is CCC[C@@H](C)[C@@H]1S[C@@H](CC)C(=O)NC1=O. The molecule has 3 atom stereocenters. The summed E-state index contributed by atoms with van der Waals surface area (Å²) >= 11 is 1.53. The monoisotopic (exact) mass is 229 g/mol. The van der Waals surface area contributed by atoms with Gasteiger partial charge in [0.25, 0.3) is 0 Å². The van der Waals surface area contributed by atoms with Crippen molar-refractivity contribution in [1.82, 2.24) is 5.32 Å². The second-order valence-corrected chi connectivity index (χ2v) is 5.42. The van der Waals surface area contributed by atoms with Crippen LogP contribution in [0.4, 0.5) is 0 Å². The van der Waals surface area contributed by atoms with Gasteiger partial charge in [0.2, 0.25) is 11.8 Å². The molecule has 0 saturated carbocycles. The van der Waals surface area contributed by atoms with Gasteiger partial charge in [-0.1, -0.05) is 27.2 Å². The molecule has 0 radical (unpaired) electrons. The maximum absolute atomic E-state index is 11.6. The predicted molar refractivity (Wildman–Crippen MR) is 62.7 cm³/mol. The van der Waals surface area contributed by atoms with Crippen molar-refractivity contribution in [1.29, 1.82) is 0 Å². The van der Waals surface area contributed by atoms with Crippen molar-refractivity contribution < 1.29 is 9.59 Å². The number of nitrogens with one attached hydrogen (secondary N) is 1. The summed E-state index contributed by atoms with van der Waals surface area (Å²) in [6, 6.07) is 0. The Morgan fingerprint density at radius 3 is 2.53 bits per heavy atom. The van der Waals surface area contributed by atoms with Gasteiger partial charge in [-0.3, -0.25) is 14.9 Å². The number of hydrogen-bond donors (Lipinski definition) is 1. The fourth-order valence-corrected chi connectivity index (χ4v) is 3.17. The highest BCUT2D eigenvalue weighted by atomic mass is 32.2. The smallest absolute Gasteiger partial charge is 0.239 e. The molecule has 1 fully saturated rings. The molecule has 0 aromatic carbocycles. The average molecular weight is 229 g/mol. The quantitative estimate of drug-likeness (QED) is 0.750. The molecule has 15 heavy (non-hydrogen) atoms. The lowest BCUT2D eigenvalue weighted by Gasteiger charge is -2.30. The van der Waals surface area contributed by atoms with Crippen molar-refractivity contribution in [2.45, 2.75) is 50.5 Å². The van der Waals surface area contributed by atoms with Crippen molar-refractivity contribution in [2.75, 3.05) is 0 Å². The summed E-state index contributed by atoms with van der Waals surface area (Å²) in [5.41, 5.74) is 0. The van der Waals surface area contributed by atoms with Gasteiger partial charge in [-0.25, -0.2) is 0 Å². The van der Waals surface area contributed by atoms with Crippen LogP contribution in [0.3, 0.4) is 0 Å². The normalized spacial score (nSPS) is 28.7. The minimum Gasteiger partial charge on any atom is -0.295 e. The molecule has 0 spiro atoms. The molecule has 1 heterocycles.